The first kappa shape index (κ1) is 20.2. The highest BCUT2D eigenvalue weighted by atomic mass is 32.2. The largest absolute Gasteiger partial charge is 0.497 e. The fourth-order valence-corrected chi connectivity index (χ4v) is 3.88. The second kappa shape index (κ2) is 8.74. The number of nitrogens with one attached hydrogen (secondary N) is 1. The van der Waals surface area contributed by atoms with Gasteiger partial charge in [0.15, 0.2) is 11.0 Å². The van der Waals surface area contributed by atoms with Crippen LogP contribution in [0.5, 0.6) is 11.5 Å². The van der Waals surface area contributed by atoms with Crippen molar-refractivity contribution in [3.63, 3.8) is 0 Å². The number of hydrogen-bond donors (Lipinski definition) is 1. The van der Waals surface area contributed by atoms with Crippen molar-refractivity contribution in [1.82, 2.24) is 14.8 Å². The standard InChI is InChI=1S/C21H21FN4O3S/c1-28-15-9-13(10-16(11-15)29-2)23-19(27)12-30-21-25-24-20(26(21)14-7-8-14)17-5-3-4-6-18(17)22/h3-6,9-11,14H,7-8,12H2,1-2H3,(H,23,27). The van der Waals surface area contributed by atoms with Crippen molar-refractivity contribution < 1.29 is 18.7 Å². The van der Waals surface area contributed by atoms with Gasteiger partial charge in [0.1, 0.15) is 17.3 Å². The van der Waals surface area contributed by atoms with Crippen molar-refractivity contribution in [3.05, 3.63) is 48.3 Å². The van der Waals surface area contributed by atoms with E-state index in [0.29, 0.717) is 33.7 Å². The molecule has 7 nitrogen and oxygen atoms in total. The number of methoxy groups -OCH3 is 2. The maximum absolute atomic E-state index is 14.3. The number of nitrogens with zero attached hydrogens (tertiary/aromatic N) is 3. The number of carbonyl (C=O) groups excluding carboxylic acids is 1. The molecule has 156 valence electrons. The average Bonchev–Trinajstić information content (AvgIpc) is 3.51. The van der Waals surface area contributed by atoms with Gasteiger partial charge in [-0.15, -0.1) is 10.2 Å². The van der Waals surface area contributed by atoms with E-state index in [4.69, 9.17) is 9.47 Å². The van der Waals surface area contributed by atoms with E-state index < -0.39 is 0 Å². The molecule has 9 heteroatoms. The molecule has 30 heavy (non-hydrogen) atoms. The summed E-state index contributed by atoms with van der Waals surface area (Å²) in [6, 6.07) is 11.9. The zero-order valence-corrected chi connectivity index (χ0v) is 17.4. The third-order valence-electron chi connectivity index (χ3n) is 4.66. The van der Waals surface area contributed by atoms with Crippen LogP contribution in [0, 0.1) is 5.82 Å². The minimum Gasteiger partial charge on any atom is -0.497 e. The number of thioether (sulfide) groups is 1. The van der Waals surface area contributed by atoms with Gasteiger partial charge in [0.25, 0.3) is 0 Å². The Kier molecular flexibility index (Phi) is 5.89. The molecule has 2 aromatic carbocycles. The van der Waals surface area contributed by atoms with Crippen LogP contribution in [0.4, 0.5) is 10.1 Å². The van der Waals surface area contributed by atoms with E-state index in [1.54, 1.807) is 50.6 Å². The van der Waals surface area contributed by atoms with Crippen LogP contribution >= 0.6 is 11.8 Å². The molecule has 1 amide bonds. The molecule has 1 aliphatic rings. The van der Waals surface area contributed by atoms with Crippen LogP contribution in [-0.4, -0.2) is 40.6 Å². The molecule has 1 fully saturated rings. The maximum atomic E-state index is 14.3. The predicted molar refractivity (Wildman–Crippen MR) is 113 cm³/mol. The van der Waals surface area contributed by atoms with Gasteiger partial charge in [0.2, 0.25) is 5.91 Å². The number of ether oxygens (including phenoxy) is 2. The molecule has 0 spiro atoms. The Hall–Kier alpha value is -3.07. The van der Waals surface area contributed by atoms with Crippen molar-refractivity contribution in [3.8, 4) is 22.9 Å². The molecule has 0 bridgehead atoms. The monoisotopic (exact) mass is 428 g/mol. The number of carbonyl (C=O) groups is 1. The fraction of sp³-hybridized carbons (Fsp3) is 0.286. The van der Waals surface area contributed by atoms with Crippen LogP contribution in [-0.2, 0) is 4.79 Å². The topological polar surface area (TPSA) is 78.3 Å². The first-order valence-corrected chi connectivity index (χ1v) is 10.4. The van der Waals surface area contributed by atoms with E-state index in [-0.39, 0.29) is 23.5 Å². The van der Waals surface area contributed by atoms with Gasteiger partial charge in [0.05, 0.1) is 25.5 Å². The van der Waals surface area contributed by atoms with Gasteiger partial charge >= 0.3 is 0 Å². The molecule has 0 atom stereocenters. The Bertz CT molecular complexity index is 1050. The van der Waals surface area contributed by atoms with Crippen molar-refractivity contribution in [2.75, 3.05) is 25.3 Å². The summed E-state index contributed by atoms with van der Waals surface area (Å²) in [5.74, 6) is 1.26. The summed E-state index contributed by atoms with van der Waals surface area (Å²) in [7, 11) is 3.10. The number of aromatic nitrogens is 3. The van der Waals surface area contributed by atoms with Crippen LogP contribution in [0.1, 0.15) is 18.9 Å². The summed E-state index contributed by atoms with van der Waals surface area (Å²) >= 11 is 1.28. The lowest BCUT2D eigenvalue weighted by Crippen LogP contribution is -2.14. The zero-order valence-electron chi connectivity index (χ0n) is 16.6. The second-order valence-electron chi connectivity index (χ2n) is 6.83. The molecule has 0 aliphatic heterocycles. The SMILES string of the molecule is COc1cc(NC(=O)CSc2nnc(-c3ccccc3F)n2C2CC2)cc(OC)c1. The summed E-state index contributed by atoms with van der Waals surface area (Å²) < 4.78 is 26.6. The molecule has 1 N–H and O–H groups in total. The van der Waals surface area contributed by atoms with Gasteiger partial charge in [-0.1, -0.05) is 23.9 Å². The van der Waals surface area contributed by atoms with Gasteiger partial charge in [-0.25, -0.2) is 4.39 Å². The Labute approximate surface area is 177 Å². The van der Waals surface area contributed by atoms with Crippen LogP contribution in [0.15, 0.2) is 47.6 Å². The van der Waals surface area contributed by atoms with Crippen molar-refractivity contribution in [1.29, 1.82) is 0 Å². The lowest BCUT2D eigenvalue weighted by atomic mass is 10.2. The minimum absolute atomic E-state index is 0.141. The molecule has 0 unspecified atom stereocenters. The number of amides is 1. The highest BCUT2D eigenvalue weighted by Crippen LogP contribution is 2.41. The lowest BCUT2D eigenvalue weighted by molar-refractivity contribution is -0.113. The molecule has 1 heterocycles. The lowest BCUT2D eigenvalue weighted by Gasteiger charge is -2.11. The molecule has 1 aromatic heterocycles. The zero-order chi connectivity index (χ0) is 21.1. The van der Waals surface area contributed by atoms with E-state index in [9.17, 15) is 9.18 Å². The normalized spacial score (nSPS) is 13.2. The Morgan fingerprint density at radius 2 is 1.87 bits per heavy atom. The summed E-state index contributed by atoms with van der Waals surface area (Å²) in [5, 5.41) is 11.9. The van der Waals surface area contributed by atoms with Crippen molar-refractivity contribution >= 4 is 23.4 Å². The molecule has 4 rings (SSSR count). The predicted octanol–water partition coefficient (Wildman–Crippen LogP) is 4.17. The summed E-state index contributed by atoms with van der Waals surface area (Å²) in [4.78, 5) is 12.5. The third kappa shape index (κ3) is 4.40. The number of hydrogen-bond acceptors (Lipinski definition) is 6. The van der Waals surface area contributed by atoms with Crippen LogP contribution in [0.25, 0.3) is 11.4 Å². The van der Waals surface area contributed by atoms with Gasteiger partial charge in [-0.05, 0) is 25.0 Å². The molecular weight excluding hydrogens is 407 g/mol. The minimum atomic E-state index is -0.340. The number of benzene rings is 2. The van der Waals surface area contributed by atoms with E-state index >= 15 is 0 Å². The molecule has 0 saturated heterocycles. The van der Waals surface area contributed by atoms with E-state index in [1.165, 1.54) is 17.8 Å². The van der Waals surface area contributed by atoms with Crippen molar-refractivity contribution in [2.24, 2.45) is 0 Å². The Balaban J connectivity index is 1.48. The number of halogens is 1. The molecule has 1 saturated carbocycles. The van der Waals surface area contributed by atoms with Crippen LogP contribution in [0.2, 0.25) is 0 Å². The Morgan fingerprint density at radius 3 is 2.50 bits per heavy atom. The third-order valence-corrected chi connectivity index (χ3v) is 5.60. The van der Waals surface area contributed by atoms with Gasteiger partial charge in [-0.3, -0.25) is 9.36 Å². The quantitative estimate of drug-likeness (QED) is 0.543. The molecule has 3 aromatic rings. The molecule has 0 radical (unpaired) electrons. The van der Waals surface area contributed by atoms with Gasteiger partial charge in [-0.2, -0.15) is 0 Å². The molecular formula is C21H21FN4O3S. The van der Waals surface area contributed by atoms with Gasteiger partial charge in [0, 0.05) is 29.9 Å². The highest BCUT2D eigenvalue weighted by Gasteiger charge is 2.31. The molecule has 1 aliphatic carbocycles. The van der Waals surface area contributed by atoms with Crippen molar-refractivity contribution in [2.45, 2.75) is 24.0 Å². The number of anilines is 1. The first-order chi connectivity index (χ1) is 14.6. The van der Waals surface area contributed by atoms with E-state index in [0.717, 1.165) is 12.8 Å². The van der Waals surface area contributed by atoms with Crippen LogP contribution < -0.4 is 14.8 Å². The summed E-state index contributed by atoms with van der Waals surface area (Å²) in [6.07, 6.45) is 1.98. The Morgan fingerprint density at radius 1 is 1.17 bits per heavy atom. The average molecular weight is 428 g/mol. The smallest absolute Gasteiger partial charge is 0.234 e. The summed E-state index contributed by atoms with van der Waals surface area (Å²) in [5.41, 5.74) is 0.990. The van der Waals surface area contributed by atoms with Crippen LogP contribution in [0.3, 0.4) is 0 Å². The fourth-order valence-electron chi connectivity index (χ4n) is 3.07. The maximum Gasteiger partial charge on any atom is 0.234 e. The summed E-state index contributed by atoms with van der Waals surface area (Å²) in [6.45, 7) is 0. The first-order valence-electron chi connectivity index (χ1n) is 9.44. The van der Waals surface area contributed by atoms with Gasteiger partial charge < -0.3 is 14.8 Å². The van der Waals surface area contributed by atoms with E-state index in [2.05, 4.69) is 15.5 Å². The number of rotatable bonds is 8. The highest BCUT2D eigenvalue weighted by molar-refractivity contribution is 7.99. The van der Waals surface area contributed by atoms with E-state index in [1.807, 2.05) is 4.57 Å². The second-order valence-corrected chi connectivity index (χ2v) is 7.77.